The first-order valence-corrected chi connectivity index (χ1v) is 5.15. The Kier molecular flexibility index (Phi) is 2.81. The Balaban J connectivity index is 2.15. The van der Waals surface area contributed by atoms with Crippen LogP contribution >= 0.6 is 0 Å². The van der Waals surface area contributed by atoms with E-state index in [4.69, 9.17) is 5.11 Å². The van der Waals surface area contributed by atoms with Crippen LogP contribution in [0.1, 0.15) is 12.5 Å². The van der Waals surface area contributed by atoms with Gasteiger partial charge in [-0.25, -0.2) is 4.79 Å². The molecule has 84 valence electrons. The molecule has 0 bridgehead atoms. The molecule has 0 spiro atoms. The van der Waals surface area contributed by atoms with E-state index >= 15 is 0 Å². The van der Waals surface area contributed by atoms with Gasteiger partial charge in [0.15, 0.2) is 0 Å². The highest BCUT2D eigenvalue weighted by molar-refractivity contribution is 5.87. The molecule has 1 heterocycles. The predicted octanol–water partition coefficient (Wildman–Crippen LogP) is 1.37. The molecule has 0 unspecified atom stereocenters. The molecule has 0 fully saturated rings. The normalized spacial score (nSPS) is 15.2. The lowest BCUT2D eigenvalue weighted by Gasteiger charge is -2.18. The summed E-state index contributed by atoms with van der Waals surface area (Å²) in [6, 6.07) is 9.84. The number of carbonyl (C=O) groups is 1. The number of nitrogens with zero attached hydrogens (tertiary/aromatic N) is 1. The smallest absolute Gasteiger partial charge is 0.354 e. The molecular weight excluding hydrogens is 204 g/mol. The van der Waals surface area contributed by atoms with E-state index in [0.29, 0.717) is 18.9 Å². The second-order valence-corrected chi connectivity index (χ2v) is 3.80. The fourth-order valence-electron chi connectivity index (χ4n) is 1.85. The van der Waals surface area contributed by atoms with Gasteiger partial charge in [0, 0.05) is 12.2 Å². The molecule has 0 amide bonds. The van der Waals surface area contributed by atoms with Gasteiger partial charge < -0.3 is 15.3 Å². The van der Waals surface area contributed by atoms with Crippen molar-refractivity contribution in [2.24, 2.45) is 0 Å². The van der Waals surface area contributed by atoms with Crippen molar-refractivity contribution >= 4 is 5.97 Å². The first kappa shape index (κ1) is 10.5. The Bertz CT molecular complexity index is 426. The average Bonchev–Trinajstić information content (AvgIpc) is 2.61. The molecule has 16 heavy (non-hydrogen) atoms. The van der Waals surface area contributed by atoms with Crippen LogP contribution in [0.4, 0.5) is 0 Å². The number of hydrogen-bond donors (Lipinski definition) is 2. The van der Waals surface area contributed by atoms with Gasteiger partial charge in [-0.15, -0.1) is 0 Å². The molecule has 2 rings (SSSR count). The lowest BCUT2D eigenvalue weighted by atomic mass is 10.2. The van der Waals surface area contributed by atoms with Crippen molar-refractivity contribution in [3.8, 4) is 0 Å². The molecule has 1 aliphatic heterocycles. The van der Waals surface area contributed by atoms with Crippen LogP contribution in [0.5, 0.6) is 0 Å². The van der Waals surface area contributed by atoms with Crippen LogP contribution < -0.4 is 5.32 Å². The van der Waals surface area contributed by atoms with Crippen LogP contribution in [0, 0.1) is 0 Å². The zero-order valence-electron chi connectivity index (χ0n) is 9.10. The molecule has 0 aliphatic carbocycles. The first-order chi connectivity index (χ1) is 7.68. The Hall–Kier alpha value is -1.97. The monoisotopic (exact) mass is 218 g/mol. The van der Waals surface area contributed by atoms with Gasteiger partial charge in [0.2, 0.25) is 0 Å². The van der Waals surface area contributed by atoms with Crippen LogP contribution in [0.25, 0.3) is 0 Å². The Labute approximate surface area is 94.2 Å². The van der Waals surface area contributed by atoms with E-state index in [1.165, 1.54) is 0 Å². The van der Waals surface area contributed by atoms with Gasteiger partial charge in [0.25, 0.3) is 0 Å². The standard InChI is InChI=1S/C12H14N2O2/c1-9-11(12(15)16)14(8-13-9)7-10-5-3-2-4-6-10/h2-6,13H,7-8H2,1H3,(H,15,16). The molecule has 0 aromatic heterocycles. The van der Waals surface area contributed by atoms with Gasteiger partial charge in [-0.05, 0) is 12.5 Å². The number of allylic oxidation sites excluding steroid dienone is 1. The Morgan fingerprint density at radius 2 is 2.12 bits per heavy atom. The summed E-state index contributed by atoms with van der Waals surface area (Å²) < 4.78 is 0. The molecule has 0 saturated heterocycles. The zero-order valence-corrected chi connectivity index (χ0v) is 9.10. The van der Waals surface area contributed by atoms with E-state index in [-0.39, 0.29) is 0 Å². The maximum absolute atomic E-state index is 11.1. The average molecular weight is 218 g/mol. The van der Waals surface area contributed by atoms with Crippen molar-refractivity contribution in [3.05, 3.63) is 47.3 Å². The highest BCUT2D eigenvalue weighted by Gasteiger charge is 2.24. The molecule has 2 N–H and O–H groups in total. The summed E-state index contributed by atoms with van der Waals surface area (Å²) in [7, 11) is 0. The van der Waals surface area contributed by atoms with Crippen molar-refractivity contribution in [3.63, 3.8) is 0 Å². The Morgan fingerprint density at radius 1 is 1.44 bits per heavy atom. The van der Waals surface area contributed by atoms with E-state index in [2.05, 4.69) is 5.32 Å². The second kappa shape index (κ2) is 4.26. The van der Waals surface area contributed by atoms with Gasteiger partial charge in [0.05, 0.1) is 6.67 Å². The summed E-state index contributed by atoms with van der Waals surface area (Å²) in [5.74, 6) is -0.876. The molecule has 0 radical (unpaired) electrons. The third-order valence-electron chi connectivity index (χ3n) is 2.63. The zero-order chi connectivity index (χ0) is 11.5. The maximum Gasteiger partial charge on any atom is 0.354 e. The van der Waals surface area contributed by atoms with E-state index in [1.807, 2.05) is 35.2 Å². The number of nitrogens with one attached hydrogen (secondary N) is 1. The minimum atomic E-state index is -0.876. The van der Waals surface area contributed by atoms with Gasteiger partial charge in [-0.3, -0.25) is 0 Å². The number of aliphatic carboxylic acids is 1. The molecule has 0 atom stereocenters. The third kappa shape index (κ3) is 2.00. The fourth-order valence-corrected chi connectivity index (χ4v) is 1.85. The lowest BCUT2D eigenvalue weighted by molar-refractivity contribution is -0.134. The van der Waals surface area contributed by atoms with Crippen LogP contribution in [-0.2, 0) is 11.3 Å². The summed E-state index contributed by atoms with van der Waals surface area (Å²) in [5.41, 5.74) is 2.20. The third-order valence-corrected chi connectivity index (χ3v) is 2.63. The SMILES string of the molecule is CC1=C(C(=O)O)N(Cc2ccccc2)CN1. The minimum absolute atomic E-state index is 0.365. The van der Waals surface area contributed by atoms with Gasteiger partial charge in [-0.1, -0.05) is 30.3 Å². The highest BCUT2D eigenvalue weighted by atomic mass is 16.4. The summed E-state index contributed by atoms with van der Waals surface area (Å²) in [4.78, 5) is 12.9. The van der Waals surface area contributed by atoms with Crippen molar-refractivity contribution in [1.82, 2.24) is 10.2 Å². The van der Waals surface area contributed by atoms with E-state index in [1.54, 1.807) is 6.92 Å². The van der Waals surface area contributed by atoms with Crippen LogP contribution in [0.2, 0.25) is 0 Å². The molecule has 4 nitrogen and oxygen atoms in total. The highest BCUT2D eigenvalue weighted by Crippen LogP contribution is 2.17. The van der Waals surface area contributed by atoms with Crippen molar-refractivity contribution < 1.29 is 9.90 Å². The molecular formula is C12H14N2O2. The molecule has 1 aromatic rings. The number of rotatable bonds is 3. The van der Waals surface area contributed by atoms with Crippen molar-refractivity contribution in [2.75, 3.05) is 6.67 Å². The number of hydrogen-bond acceptors (Lipinski definition) is 3. The van der Waals surface area contributed by atoms with E-state index in [9.17, 15) is 4.79 Å². The summed E-state index contributed by atoms with van der Waals surface area (Å²) >= 11 is 0. The lowest BCUT2D eigenvalue weighted by Crippen LogP contribution is -2.26. The van der Waals surface area contributed by atoms with Gasteiger partial charge in [-0.2, -0.15) is 0 Å². The van der Waals surface area contributed by atoms with Crippen molar-refractivity contribution in [2.45, 2.75) is 13.5 Å². The summed E-state index contributed by atoms with van der Waals surface area (Å²) in [5, 5.41) is 12.1. The molecule has 4 heteroatoms. The second-order valence-electron chi connectivity index (χ2n) is 3.80. The number of carboxylic acids is 1. The number of carboxylic acid groups (broad SMARTS) is 1. The molecule has 1 aromatic carbocycles. The quantitative estimate of drug-likeness (QED) is 0.804. The Morgan fingerprint density at radius 3 is 2.75 bits per heavy atom. The van der Waals surface area contributed by atoms with E-state index < -0.39 is 5.97 Å². The molecule has 0 saturated carbocycles. The fraction of sp³-hybridized carbons (Fsp3) is 0.250. The largest absolute Gasteiger partial charge is 0.477 e. The van der Waals surface area contributed by atoms with E-state index in [0.717, 1.165) is 11.3 Å². The molecule has 1 aliphatic rings. The van der Waals surface area contributed by atoms with Crippen LogP contribution in [0.3, 0.4) is 0 Å². The van der Waals surface area contributed by atoms with Crippen LogP contribution in [0.15, 0.2) is 41.7 Å². The maximum atomic E-state index is 11.1. The van der Waals surface area contributed by atoms with Gasteiger partial charge >= 0.3 is 5.97 Å². The van der Waals surface area contributed by atoms with Crippen molar-refractivity contribution in [1.29, 1.82) is 0 Å². The van der Waals surface area contributed by atoms with Crippen LogP contribution in [-0.4, -0.2) is 22.6 Å². The summed E-state index contributed by atoms with van der Waals surface area (Å²) in [6.45, 7) is 2.96. The summed E-state index contributed by atoms with van der Waals surface area (Å²) in [6.07, 6.45) is 0. The predicted molar refractivity (Wildman–Crippen MR) is 60.3 cm³/mol. The number of benzene rings is 1. The topological polar surface area (TPSA) is 52.6 Å². The van der Waals surface area contributed by atoms with Gasteiger partial charge in [0.1, 0.15) is 5.70 Å². The first-order valence-electron chi connectivity index (χ1n) is 5.15. The minimum Gasteiger partial charge on any atom is -0.477 e.